The van der Waals surface area contributed by atoms with E-state index in [2.05, 4.69) is 10.3 Å². The second-order valence-corrected chi connectivity index (χ2v) is 7.87. The minimum atomic E-state index is -0.922. The molecule has 0 aliphatic carbocycles. The van der Waals surface area contributed by atoms with Gasteiger partial charge in [0.05, 0.1) is 4.88 Å². The normalized spacial score (nSPS) is 10.7. The number of hydrogen-bond donors (Lipinski definition) is 1. The maximum atomic E-state index is 13.8. The van der Waals surface area contributed by atoms with Crippen LogP contribution in [0.2, 0.25) is 0 Å². The molecule has 0 saturated heterocycles. The van der Waals surface area contributed by atoms with Crippen molar-refractivity contribution in [3.05, 3.63) is 106 Å². The number of anilines is 1. The fourth-order valence-electron chi connectivity index (χ4n) is 3.13. The number of ketones is 1. The maximum absolute atomic E-state index is 13.8. The molecule has 4 nitrogen and oxygen atoms in total. The molecule has 0 unspecified atom stereocenters. The predicted octanol–water partition coefficient (Wildman–Crippen LogP) is 5.88. The van der Waals surface area contributed by atoms with E-state index in [-0.39, 0.29) is 5.78 Å². The average Bonchev–Trinajstić information content (AvgIpc) is 3.16. The Morgan fingerprint density at radius 1 is 0.968 bits per heavy atom. The van der Waals surface area contributed by atoms with Crippen LogP contribution in [0.3, 0.4) is 0 Å². The van der Waals surface area contributed by atoms with Gasteiger partial charge in [0.15, 0.2) is 0 Å². The molecular weight excluding hydrogens is 418 g/mol. The maximum Gasteiger partial charge on any atom is 0.261 e. The summed E-state index contributed by atoms with van der Waals surface area (Å²) in [6, 6.07) is 15.4. The molecule has 154 valence electrons. The molecule has 1 N–H and O–H groups in total. The van der Waals surface area contributed by atoms with Gasteiger partial charge in [-0.05, 0) is 60.5 Å². The van der Waals surface area contributed by atoms with Crippen molar-refractivity contribution in [3.63, 3.8) is 0 Å². The number of carbonyl (C=O) groups is 2. The van der Waals surface area contributed by atoms with Crippen molar-refractivity contribution in [3.8, 4) is 10.4 Å². The fourth-order valence-corrected chi connectivity index (χ4v) is 4.27. The standard InChI is InChI=1S/C24H16F2N2O2S/c1-14-12-20(22(29)16-4-3-11-27-13-16)31-23(14)15-7-9-17(10-8-15)28-24(30)21-18(25)5-2-6-19(21)26/h2-13H,1H3,(H,28,30). The number of carbonyl (C=O) groups excluding carboxylic acids is 2. The summed E-state index contributed by atoms with van der Waals surface area (Å²) in [5.41, 5.74) is 2.11. The molecule has 2 aromatic carbocycles. The predicted molar refractivity (Wildman–Crippen MR) is 116 cm³/mol. The molecule has 0 aliphatic rings. The number of pyridine rings is 1. The van der Waals surface area contributed by atoms with Gasteiger partial charge >= 0.3 is 0 Å². The Balaban J connectivity index is 1.54. The molecule has 4 aromatic rings. The van der Waals surface area contributed by atoms with E-state index >= 15 is 0 Å². The average molecular weight is 434 g/mol. The largest absolute Gasteiger partial charge is 0.322 e. The number of aromatic nitrogens is 1. The Labute approximate surface area is 181 Å². The first-order chi connectivity index (χ1) is 14.9. The molecule has 0 aliphatic heterocycles. The van der Waals surface area contributed by atoms with Crippen molar-refractivity contribution in [2.75, 3.05) is 5.32 Å². The molecule has 0 fully saturated rings. The van der Waals surface area contributed by atoms with Crippen LogP contribution >= 0.6 is 11.3 Å². The van der Waals surface area contributed by atoms with Crippen LogP contribution in [-0.4, -0.2) is 16.7 Å². The molecule has 2 aromatic heterocycles. The van der Waals surface area contributed by atoms with Gasteiger partial charge in [0.25, 0.3) is 5.91 Å². The van der Waals surface area contributed by atoms with Crippen LogP contribution in [0.15, 0.2) is 73.1 Å². The molecular formula is C24H16F2N2O2S. The molecule has 4 rings (SSSR count). The van der Waals surface area contributed by atoms with Crippen LogP contribution in [0, 0.1) is 18.6 Å². The van der Waals surface area contributed by atoms with Crippen LogP contribution < -0.4 is 5.32 Å². The third-order valence-electron chi connectivity index (χ3n) is 4.66. The first-order valence-electron chi connectivity index (χ1n) is 9.35. The lowest BCUT2D eigenvalue weighted by molar-refractivity contribution is 0.101. The van der Waals surface area contributed by atoms with E-state index in [0.717, 1.165) is 28.1 Å². The SMILES string of the molecule is Cc1cc(C(=O)c2cccnc2)sc1-c1ccc(NC(=O)c2c(F)cccc2F)cc1. The molecule has 7 heteroatoms. The van der Waals surface area contributed by atoms with Gasteiger partial charge in [-0.2, -0.15) is 0 Å². The summed E-state index contributed by atoms with van der Waals surface area (Å²) in [4.78, 5) is 30.4. The fraction of sp³-hybridized carbons (Fsp3) is 0.0417. The van der Waals surface area contributed by atoms with Gasteiger partial charge in [-0.3, -0.25) is 14.6 Å². The number of aryl methyl sites for hydroxylation is 1. The number of nitrogens with one attached hydrogen (secondary N) is 1. The molecule has 0 saturated carbocycles. The van der Waals surface area contributed by atoms with E-state index in [9.17, 15) is 18.4 Å². The van der Waals surface area contributed by atoms with Gasteiger partial charge in [0.2, 0.25) is 5.78 Å². The minimum Gasteiger partial charge on any atom is -0.322 e. The van der Waals surface area contributed by atoms with Gasteiger partial charge in [-0.15, -0.1) is 11.3 Å². The lowest BCUT2D eigenvalue weighted by atomic mass is 10.1. The van der Waals surface area contributed by atoms with Crippen LogP contribution in [0.25, 0.3) is 10.4 Å². The van der Waals surface area contributed by atoms with Crippen molar-refractivity contribution in [1.82, 2.24) is 4.98 Å². The number of benzene rings is 2. The van der Waals surface area contributed by atoms with Gasteiger partial charge in [-0.1, -0.05) is 18.2 Å². The number of hydrogen-bond acceptors (Lipinski definition) is 4. The van der Waals surface area contributed by atoms with Gasteiger partial charge in [0.1, 0.15) is 17.2 Å². The lowest BCUT2D eigenvalue weighted by Crippen LogP contribution is -2.15. The van der Waals surface area contributed by atoms with E-state index < -0.39 is 23.1 Å². The van der Waals surface area contributed by atoms with E-state index in [1.54, 1.807) is 42.6 Å². The first-order valence-corrected chi connectivity index (χ1v) is 10.2. The summed E-state index contributed by atoms with van der Waals surface area (Å²) in [6.07, 6.45) is 3.15. The first kappa shape index (κ1) is 20.6. The smallest absolute Gasteiger partial charge is 0.261 e. The number of amides is 1. The number of rotatable bonds is 5. The third kappa shape index (κ3) is 4.27. The van der Waals surface area contributed by atoms with Crippen LogP contribution in [-0.2, 0) is 0 Å². The number of nitrogens with zero attached hydrogens (tertiary/aromatic N) is 1. The van der Waals surface area contributed by atoms with Crippen molar-refractivity contribution >= 4 is 28.7 Å². The highest BCUT2D eigenvalue weighted by Crippen LogP contribution is 2.34. The van der Waals surface area contributed by atoms with Gasteiger partial charge < -0.3 is 5.32 Å². The Bertz CT molecular complexity index is 1250. The van der Waals surface area contributed by atoms with Crippen LogP contribution in [0.1, 0.15) is 31.2 Å². The summed E-state index contributed by atoms with van der Waals surface area (Å²) < 4.78 is 27.6. The van der Waals surface area contributed by atoms with E-state index in [0.29, 0.717) is 16.1 Å². The third-order valence-corrected chi connectivity index (χ3v) is 5.95. The second kappa shape index (κ2) is 8.57. The Morgan fingerprint density at radius 3 is 2.32 bits per heavy atom. The van der Waals surface area contributed by atoms with Crippen molar-refractivity contribution in [2.45, 2.75) is 6.92 Å². The number of halogens is 2. The highest BCUT2D eigenvalue weighted by molar-refractivity contribution is 7.17. The Kier molecular flexibility index (Phi) is 5.68. The minimum absolute atomic E-state index is 0.0942. The van der Waals surface area contributed by atoms with E-state index in [1.165, 1.54) is 23.6 Å². The summed E-state index contributed by atoms with van der Waals surface area (Å²) in [6.45, 7) is 1.92. The van der Waals surface area contributed by atoms with E-state index in [1.807, 2.05) is 13.0 Å². The molecule has 0 bridgehead atoms. The summed E-state index contributed by atoms with van der Waals surface area (Å²) >= 11 is 1.37. The lowest BCUT2D eigenvalue weighted by Gasteiger charge is -2.08. The molecule has 1 amide bonds. The van der Waals surface area contributed by atoms with Crippen LogP contribution in [0.5, 0.6) is 0 Å². The van der Waals surface area contributed by atoms with Gasteiger partial charge in [0, 0.05) is 28.5 Å². The highest BCUT2D eigenvalue weighted by Gasteiger charge is 2.18. The van der Waals surface area contributed by atoms with Crippen LogP contribution in [0.4, 0.5) is 14.5 Å². The monoisotopic (exact) mass is 434 g/mol. The summed E-state index contributed by atoms with van der Waals surface area (Å²) in [7, 11) is 0. The molecule has 0 atom stereocenters. The Morgan fingerprint density at radius 2 is 1.68 bits per heavy atom. The molecule has 2 heterocycles. The van der Waals surface area contributed by atoms with Crippen molar-refractivity contribution < 1.29 is 18.4 Å². The highest BCUT2D eigenvalue weighted by atomic mass is 32.1. The van der Waals surface area contributed by atoms with E-state index in [4.69, 9.17) is 0 Å². The topological polar surface area (TPSA) is 59.1 Å². The van der Waals surface area contributed by atoms with Gasteiger partial charge in [-0.25, -0.2) is 8.78 Å². The quantitative estimate of drug-likeness (QED) is 0.399. The number of thiophene rings is 1. The molecule has 31 heavy (non-hydrogen) atoms. The second-order valence-electron chi connectivity index (χ2n) is 6.82. The van der Waals surface area contributed by atoms with Crippen molar-refractivity contribution in [1.29, 1.82) is 0 Å². The summed E-state index contributed by atoms with van der Waals surface area (Å²) in [5, 5.41) is 2.50. The van der Waals surface area contributed by atoms with Crippen molar-refractivity contribution in [2.24, 2.45) is 0 Å². The zero-order chi connectivity index (χ0) is 22.0. The summed E-state index contributed by atoms with van der Waals surface area (Å²) in [5.74, 6) is -2.80. The zero-order valence-electron chi connectivity index (χ0n) is 16.4. The molecule has 0 radical (unpaired) electrons. The molecule has 0 spiro atoms. The zero-order valence-corrected chi connectivity index (χ0v) is 17.2. The Hall–Kier alpha value is -3.71.